The number of thiocarbonyl (C=S) groups is 1. The van der Waals surface area contributed by atoms with Crippen LogP contribution in [0.15, 0.2) is 76.5 Å². The smallest absolute Gasteiger partial charge is 0.257 e. The topological polar surface area (TPSA) is 70.4 Å². The minimum absolute atomic E-state index is 0.304. The molecule has 1 aromatic heterocycles. The lowest BCUT2D eigenvalue weighted by Gasteiger charge is -2.37. The van der Waals surface area contributed by atoms with Gasteiger partial charge in [0.05, 0.1) is 11.6 Å². The Hall–Kier alpha value is -3.16. The first kappa shape index (κ1) is 20.1. The van der Waals surface area contributed by atoms with E-state index in [2.05, 4.69) is 15.8 Å². The van der Waals surface area contributed by atoms with Crippen molar-refractivity contribution in [3.63, 3.8) is 0 Å². The molecule has 1 aliphatic rings. The van der Waals surface area contributed by atoms with Gasteiger partial charge in [-0.05, 0) is 55.9 Å². The number of carbonyl (C=O) groups is 1. The maximum atomic E-state index is 13.3. The lowest BCUT2D eigenvalue weighted by Crippen LogP contribution is -2.48. The van der Waals surface area contributed by atoms with E-state index in [0.717, 1.165) is 11.3 Å². The van der Waals surface area contributed by atoms with Crippen LogP contribution in [0.2, 0.25) is 5.02 Å². The van der Waals surface area contributed by atoms with Crippen molar-refractivity contribution in [1.29, 1.82) is 0 Å². The first-order valence-electron chi connectivity index (χ1n) is 9.30. The van der Waals surface area contributed by atoms with Crippen molar-refractivity contribution >= 4 is 46.3 Å². The largest absolute Gasteiger partial charge is 0.360 e. The molecule has 30 heavy (non-hydrogen) atoms. The summed E-state index contributed by atoms with van der Waals surface area (Å²) in [6, 6.07) is 18.2. The predicted molar refractivity (Wildman–Crippen MR) is 121 cm³/mol. The highest BCUT2D eigenvalue weighted by Crippen LogP contribution is 2.34. The third-order valence-corrected chi connectivity index (χ3v) is 5.33. The number of rotatable bonds is 4. The minimum atomic E-state index is -0.468. The Bertz CT molecular complexity index is 1140. The van der Waals surface area contributed by atoms with E-state index in [1.165, 1.54) is 0 Å². The zero-order valence-corrected chi connectivity index (χ0v) is 17.9. The molecule has 0 spiro atoms. The van der Waals surface area contributed by atoms with Crippen LogP contribution in [-0.2, 0) is 4.79 Å². The molecule has 0 saturated heterocycles. The average molecular weight is 439 g/mol. The van der Waals surface area contributed by atoms with Crippen molar-refractivity contribution in [2.24, 2.45) is 0 Å². The van der Waals surface area contributed by atoms with Crippen molar-refractivity contribution in [2.75, 3.05) is 10.2 Å². The van der Waals surface area contributed by atoms with Gasteiger partial charge in [0.15, 0.2) is 10.9 Å². The van der Waals surface area contributed by atoms with E-state index in [1.54, 1.807) is 19.1 Å². The molecule has 2 N–H and O–H groups in total. The van der Waals surface area contributed by atoms with E-state index < -0.39 is 6.04 Å². The Labute approximate surface area is 184 Å². The van der Waals surface area contributed by atoms with Crippen LogP contribution in [-0.4, -0.2) is 16.2 Å². The number of carbonyl (C=O) groups excluding carboxylic acids is 1. The van der Waals surface area contributed by atoms with E-state index in [-0.39, 0.29) is 5.91 Å². The average Bonchev–Trinajstić information content (AvgIpc) is 3.12. The van der Waals surface area contributed by atoms with Crippen LogP contribution in [0.1, 0.15) is 24.3 Å². The van der Waals surface area contributed by atoms with E-state index >= 15 is 0 Å². The third kappa shape index (κ3) is 3.94. The van der Waals surface area contributed by atoms with Crippen molar-refractivity contribution in [2.45, 2.75) is 19.9 Å². The van der Waals surface area contributed by atoms with Gasteiger partial charge in [-0.1, -0.05) is 47.1 Å². The number of nitrogens with zero attached hydrogens (tertiary/aromatic N) is 2. The molecule has 2 heterocycles. The highest BCUT2D eigenvalue weighted by atomic mass is 35.5. The fourth-order valence-corrected chi connectivity index (χ4v) is 4.03. The van der Waals surface area contributed by atoms with Crippen LogP contribution >= 0.6 is 23.8 Å². The molecule has 8 heteroatoms. The highest BCUT2D eigenvalue weighted by Gasteiger charge is 2.35. The predicted octanol–water partition coefficient (Wildman–Crippen LogP) is 4.98. The molecule has 6 nitrogen and oxygen atoms in total. The van der Waals surface area contributed by atoms with Gasteiger partial charge >= 0.3 is 0 Å². The zero-order valence-electron chi connectivity index (χ0n) is 16.3. The van der Waals surface area contributed by atoms with Crippen LogP contribution < -0.4 is 15.5 Å². The second-order valence-electron chi connectivity index (χ2n) is 6.88. The van der Waals surface area contributed by atoms with Crippen molar-refractivity contribution < 1.29 is 9.32 Å². The summed E-state index contributed by atoms with van der Waals surface area (Å²) < 4.78 is 5.07. The maximum absolute atomic E-state index is 13.3. The second kappa shape index (κ2) is 8.30. The van der Waals surface area contributed by atoms with Gasteiger partial charge in [-0.25, -0.2) is 0 Å². The molecule has 0 aliphatic carbocycles. The molecular weight excluding hydrogens is 420 g/mol. The molecule has 0 fully saturated rings. The van der Waals surface area contributed by atoms with E-state index in [1.807, 2.05) is 60.4 Å². The van der Waals surface area contributed by atoms with Crippen molar-refractivity contribution in [3.05, 3.63) is 88.3 Å². The van der Waals surface area contributed by atoms with Gasteiger partial charge in [0.1, 0.15) is 5.76 Å². The summed E-state index contributed by atoms with van der Waals surface area (Å²) in [7, 11) is 0. The molecular formula is C22H19ClN4O2S. The van der Waals surface area contributed by atoms with Gasteiger partial charge < -0.3 is 15.2 Å². The van der Waals surface area contributed by atoms with Crippen LogP contribution in [0.5, 0.6) is 0 Å². The number of amides is 1. The molecule has 152 valence electrons. The summed E-state index contributed by atoms with van der Waals surface area (Å²) >= 11 is 11.9. The van der Waals surface area contributed by atoms with Gasteiger partial charge in [0.25, 0.3) is 5.91 Å². The normalized spacial score (nSPS) is 16.4. The van der Waals surface area contributed by atoms with Crippen LogP contribution in [0.4, 0.5) is 11.5 Å². The summed E-state index contributed by atoms with van der Waals surface area (Å²) in [6.07, 6.45) is 0. The van der Waals surface area contributed by atoms with Gasteiger partial charge in [-0.15, -0.1) is 0 Å². The van der Waals surface area contributed by atoms with Crippen LogP contribution in [0, 0.1) is 6.92 Å². The summed E-state index contributed by atoms with van der Waals surface area (Å²) in [5.41, 5.74) is 2.92. The fraction of sp³-hybridized carbons (Fsp3) is 0.136. The quantitative estimate of drug-likeness (QED) is 0.559. The fourth-order valence-electron chi connectivity index (χ4n) is 3.47. The lowest BCUT2D eigenvalue weighted by atomic mass is 9.94. The minimum Gasteiger partial charge on any atom is -0.360 e. The number of hydrogen-bond acceptors (Lipinski definition) is 4. The maximum Gasteiger partial charge on any atom is 0.257 e. The van der Waals surface area contributed by atoms with Gasteiger partial charge in [-0.3, -0.25) is 9.69 Å². The lowest BCUT2D eigenvalue weighted by molar-refractivity contribution is -0.113. The molecule has 0 bridgehead atoms. The SMILES string of the molecule is CC1=C(C(=O)Nc2cc(C)on2)C(c2cccc(Cl)c2)NC(=S)N1c1ccccc1. The summed E-state index contributed by atoms with van der Waals surface area (Å²) in [5.74, 6) is 0.653. The molecule has 0 radical (unpaired) electrons. The number of benzene rings is 2. The number of para-hydroxylation sites is 1. The van der Waals surface area contributed by atoms with Crippen LogP contribution in [0.25, 0.3) is 0 Å². The molecule has 4 rings (SSSR count). The second-order valence-corrected chi connectivity index (χ2v) is 7.71. The molecule has 0 saturated carbocycles. The number of aromatic nitrogens is 1. The Balaban J connectivity index is 1.81. The zero-order chi connectivity index (χ0) is 21.3. The standard InChI is InChI=1S/C22H19ClN4O2S/c1-13-11-18(26-29-13)24-21(28)19-14(2)27(17-9-4-3-5-10-17)22(30)25-20(19)15-7-6-8-16(23)12-15/h3-12,20H,1-2H3,(H,25,30)(H,24,26,28). The number of nitrogens with one attached hydrogen (secondary N) is 2. The van der Waals surface area contributed by atoms with Gasteiger partial charge in [0.2, 0.25) is 0 Å². The first-order valence-corrected chi connectivity index (χ1v) is 10.1. The van der Waals surface area contributed by atoms with Crippen molar-refractivity contribution in [3.8, 4) is 0 Å². The number of allylic oxidation sites excluding steroid dienone is 1. The van der Waals surface area contributed by atoms with E-state index in [4.69, 9.17) is 28.3 Å². The summed E-state index contributed by atoms with van der Waals surface area (Å²) in [4.78, 5) is 15.2. The molecule has 2 aromatic carbocycles. The van der Waals surface area contributed by atoms with Gasteiger partial charge in [0, 0.05) is 22.5 Å². The van der Waals surface area contributed by atoms with E-state index in [0.29, 0.717) is 33.0 Å². The summed E-state index contributed by atoms with van der Waals surface area (Å²) in [6.45, 7) is 3.64. The Morgan fingerprint density at radius 1 is 1.17 bits per heavy atom. The van der Waals surface area contributed by atoms with Gasteiger partial charge in [-0.2, -0.15) is 0 Å². The molecule has 1 unspecified atom stereocenters. The Morgan fingerprint density at radius 2 is 1.93 bits per heavy atom. The molecule has 1 amide bonds. The van der Waals surface area contributed by atoms with E-state index in [9.17, 15) is 4.79 Å². The van der Waals surface area contributed by atoms with Crippen LogP contribution in [0.3, 0.4) is 0 Å². The van der Waals surface area contributed by atoms with Crippen molar-refractivity contribution in [1.82, 2.24) is 10.5 Å². The number of anilines is 2. The Kier molecular flexibility index (Phi) is 5.57. The molecule has 3 aromatic rings. The monoisotopic (exact) mass is 438 g/mol. The number of hydrogen-bond donors (Lipinski definition) is 2. The number of aryl methyl sites for hydroxylation is 1. The Morgan fingerprint density at radius 3 is 2.60 bits per heavy atom. The highest BCUT2D eigenvalue weighted by molar-refractivity contribution is 7.80. The summed E-state index contributed by atoms with van der Waals surface area (Å²) in [5, 5.41) is 11.1. The molecule has 1 aliphatic heterocycles. The first-order chi connectivity index (χ1) is 14.4. The third-order valence-electron chi connectivity index (χ3n) is 4.80. The molecule has 1 atom stereocenters. The number of halogens is 1.